The van der Waals surface area contributed by atoms with Gasteiger partial charge in [-0.25, -0.2) is 0 Å². The van der Waals surface area contributed by atoms with Gasteiger partial charge in [0.15, 0.2) is 0 Å². The third-order valence-electron chi connectivity index (χ3n) is 4.32. The Kier molecular flexibility index (Phi) is 2.10. The summed E-state index contributed by atoms with van der Waals surface area (Å²) < 4.78 is 0. The van der Waals surface area contributed by atoms with Gasteiger partial charge in [-0.05, 0) is 49.1 Å². The van der Waals surface area contributed by atoms with Crippen LogP contribution in [0.15, 0.2) is 24.3 Å². The van der Waals surface area contributed by atoms with Gasteiger partial charge in [0.2, 0.25) is 0 Å². The van der Waals surface area contributed by atoms with Crippen molar-refractivity contribution in [3.8, 4) is 0 Å². The van der Waals surface area contributed by atoms with Gasteiger partial charge in [-0.15, -0.1) is 0 Å². The second-order valence-corrected chi connectivity index (χ2v) is 5.16. The second kappa shape index (κ2) is 3.34. The molecule has 1 N–H and O–H groups in total. The molecule has 1 saturated carbocycles. The van der Waals surface area contributed by atoms with Crippen LogP contribution in [-0.4, -0.2) is 11.7 Å². The van der Waals surface area contributed by atoms with E-state index in [2.05, 4.69) is 24.3 Å². The van der Waals surface area contributed by atoms with Crippen molar-refractivity contribution in [1.82, 2.24) is 0 Å². The molecule has 0 amide bonds. The largest absolute Gasteiger partial charge is 0.396 e. The van der Waals surface area contributed by atoms with Crippen molar-refractivity contribution in [2.24, 2.45) is 5.41 Å². The Balaban J connectivity index is 1.99. The molecule has 1 unspecified atom stereocenters. The van der Waals surface area contributed by atoms with E-state index in [9.17, 15) is 5.11 Å². The highest BCUT2D eigenvalue weighted by atomic mass is 16.3. The van der Waals surface area contributed by atoms with Gasteiger partial charge < -0.3 is 5.11 Å². The highest BCUT2D eigenvalue weighted by Gasteiger charge is 2.49. The van der Waals surface area contributed by atoms with Gasteiger partial charge in [-0.3, -0.25) is 0 Å². The maximum absolute atomic E-state index is 9.53. The van der Waals surface area contributed by atoms with Crippen molar-refractivity contribution in [3.63, 3.8) is 0 Å². The molecule has 0 saturated heterocycles. The highest BCUT2D eigenvalue weighted by Crippen LogP contribution is 2.58. The first-order valence-corrected chi connectivity index (χ1v) is 6.04. The lowest BCUT2D eigenvalue weighted by Crippen LogP contribution is -2.22. The molecule has 1 aromatic rings. The fourth-order valence-corrected chi connectivity index (χ4v) is 3.17. The van der Waals surface area contributed by atoms with Crippen LogP contribution in [0.2, 0.25) is 0 Å². The molecule has 0 aliphatic heterocycles. The van der Waals surface area contributed by atoms with Crippen LogP contribution in [-0.2, 0) is 6.42 Å². The summed E-state index contributed by atoms with van der Waals surface area (Å²) in [6.07, 6.45) is 6.25. The predicted molar refractivity (Wildman–Crippen MR) is 60.9 cm³/mol. The molecule has 3 rings (SSSR count). The van der Waals surface area contributed by atoms with Crippen LogP contribution in [0.5, 0.6) is 0 Å². The Hall–Kier alpha value is -0.820. The lowest BCUT2D eigenvalue weighted by atomic mass is 9.74. The van der Waals surface area contributed by atoms with Crippen LogP contribution < -0.4 is 0 Å². The first-order chi connectivity index (χ1) is 7.36. The van der Waals surface area contributed by atoms with Crippen molar-refractivity contribution >= 4 is 0 Å². The summed E-state index contributed by atoms with van der Waals surface area (Å²) in [6.45, 7) is 0.381. The SMILES string of the molecule is OCC1(C2CCCc3ccccc32)CC1. The molecular weight excluding hydrogens is 184 g/mol. The van der Waals surface area contributed by atoms with Gasteiger partial charge in [0.1, 0.15) is 0 Å². The summed E-state index contributed by atoms with van der Waals surface area (Å²) in [5, 5.41) is 9.53. The summed E-state index contributed by atoms with van der Waals surface area (Å²) in [6, 6.07) is 8.81. The summed E-state index contributed by atoms with van der Waals surface area (Å²) in [5.41, 5.74) is 3.31. The van der Waals surface area contributed by atoms with Gasteiger partial charge in [0, 0.05) is 12.0 Å². The normalized spacial score (nSPS) is 27.1. The Bertz CT molecular complexity index is 365. The molecule has 1 atom stereocenters. The Labute approximate surface area is 91.1 Å². The van der Waals surface area contributed by atoms with E-state index in [1.54, 1.807) is 0 Å². The Morgan fingerprint density at radius 3 is 2.80 bits per heavy atom. The highest BCUT2D eigenvalue weighted by molar-refractivity contribution is 5.35. The number of benzene rings is 1. The number of aryl methyl sites for hydroxylation is 1. The first-order valence-electron chi connectivity index (χ1n) is 6.04. The molecule has 0 bridgehead atoms. The maximum Gasteiger partial charge on any atom is 0.0493 e. The first kappa shape index (κ1) is 9.41. The molecular formula is C14H18O. The van der Waals surface area contributed by atoms with E-state index in [0.717, 1.165) is 0 Å². The zero-order valence-electron chi connectivity index (χ0n) is 9.08. The van der Waals surface area contributed by atoms with E-state index in [1.165, 1.54) is 43.2 Å². The van der Waals surface area contributed by atoms with E-state index in [0.29, 0.717) is 12.5 Å². The minimum absolute atomic E-state index is 0.260. The van der Waals surface area contributed by atoms with Crippen LogP contribution in [0.25, 0.3) is 0 Å². The number of hydrogen-bond donors (Lipinski definition) is 1. The molecule has 1 fully saturated rings. The number of fused-ring (bicyclic) bond motifs is 1. The molecule has 2 aliphatic carbocycles. The van der Waals surface area contributed by atoms with Gasteiger partial charge in [0.25, 0.3) is 0 Å². The topological polar surface area (TPSA) is 20.2 Å². The maximum atomic E-state index is 9.53. The summed E-state index contributed by atoms with van der Waals surface area (Å²) in [4.78, 5) is 0. The van der Waals surface area contributed by atoms with E-state index in [1.807, 2.05) is 0 Å². The average Bonchev–Trinajstić information content (AvgIpc) is 3.09. The van der Waals surface area contributed by atoms with E-state index in [4.69, 9.17) is 0 Å². The van der Waals surface area contributed by atoms with Crippen molar-refractivity contribution in [3.05, 3.63) is 35.4 Å². The average molecular weight is 202 g/mol. The number of aliphatic hydroxyl groups excluding tert-OH is 1. The molecule has 0 radical (unpaired) electrons. The molecule has 1 heteroatoms. The van der Waals surface area contributed by atoms with Crippen molar-refractivity contribution in [1.29, 1.82) is 0 Å². The van der Waals surface area contributed by atoms with Crippen LogP contribution in [0.4, 0.5) is 0 Å². The van der Waals surface area contributed by atoms with Crippen LogP contribution in [0.3, 0.4) is 0 Å². The molecule has 0 heterocycles. The molecule has 80 valence electrons. The molecule has 0 aromatic heterocycles. The van der Waals surface area contributed by atoms with Crippen LogP contribution in [0.1, 0.15) is 42.7 Å². The lowest BCUT2D eigenvalue weighted by Gasteiger charge is -2.31. The van der Waals surface area contributed by atoms with Crippen molar-refractivity contribution < 1.29 is 5.11 Å². The molecule has 2 aliphatic rings. The fraction of sp³-hybridized carbons (Fsp3) is 0.571. The molecule has 1 nitrogen and oxygen atoms in total. The number of hydrogen-bond acceptors (Lipinski definition) is 1. The zero-order valence-corrected chi connectivity index (χ0v) is 9.08. The lowest BCUT2D eigenvalue weighted by molar-refractivity contribution is 0.178. The standard InChI is InChI=1S/C14H18O/c15-10-14(8-9-14)13-7-3-5-11-4-1-2-6-12(11)13/h1-2,4,6,13,15H,3,5,7-10H2. The minimum atomic E-state index is 0.260. The minimum Gasteiger partial charge on any atom is -0.396 e. The Morgan fingerprint density at radius 1 is 1.27 bits per heavy atom. The summed E-state index contributed by atoms with van der Waals surface area (Å²) in [5.74, 6) is 0.632. The van der Waals surface area contributed by atoms with Crippen molar-refractivity contribution in [2.45, 2.75) is 38.0 Å². The zero-order chi connectivity index (χ0) is 10.3. The number of aliphatic hydroxyl groups is 1. The monoisotopic (exact) mass is 202 g/mol. The second-order valence-electron chi connectivity index (χ2n) is 5.16. The smallest absolute Gasteiger partial charge is 0.0493 e. The Morgan fingerprint density at radius 2 is 2.07 bits per heavy atom. The van der Waals surface area contributed by atoms with E-state index < -0.39 is 0 Å². The predicted octanol–water partition coefficient (Wildman–Crippen LogP) is 2.88. The third-order valence-corrected chi connectivity index (χ3v) is 4.32. The third kappa shape index (κ3) is 1.41. The van der Waals surface area contributed by atoms with E-state index in [-0.39, 0.29) is 5.41 Å². The summed E-state index contributed by atoms with van der Waals surface area (Å²) in [7, 11) is 0. The fourth-order valence-electron chi connectivity index (χ4n) is 3.17. The van der Waals surface area contributed by atoms with Crippen LogP contribution in [0, 0.1) is 5.41 Å². The number of rotatable bonds is 2. The quantitative estimate of drug-likeness (QED) is 0.782. The van der Waals surface area contributed by atoms with Gasteiger partial charge in [0.05, 0.1) is 0 Å². The molecule has 1 aromatic carbocycles. The van der Waals surface area contributed by atoms with Gasteiger partial charge >= 0.3 is 0 Å². The van der Waals surface area contributed by atoms with Gasteiger partial charge in [-0.2, -0.15) is 0 Å². The van der Waals surface area contributed by atoms with Crippen LogP contribution >= 0.6 is 0 Å². The van der Waals surface area contributed by atoms with Crippen molar-refractivity contribution in [2.75, 3.05) is 6.61 Å². The summed E-state index contributed by atoms with van der Waals surface area (Å²) >= 11 is 0. The van der Waals surface area contributed by atoms with E-state index >= 15 is 0 Å². The van der Waals surface area contributed by atoms with Gasteiger partial charge in [-0.1, -0.05) is 24.3 Å². The molecule has 0 spiro atoms. The molecule has 15 heavy (non-hydrogen) atoms.